The Morgan fingerprint density at radius 1 is 0.900 bits per heavy atom. The van der Waals surface area contributed by atoms with Gasteiger partial charge in [0.1, 0.15) is 0 Å². The monoisotopic (exact) mass is 267 g/mol. The molecular formula is C18H21NO. The van der Waals surface area contributed by atoms with Gasteiger partial charge in [-0.3, -0.25) is 4.79 Å². The summed E-state index contributed by atoms with van der Waals surface area (Å²) in [4.78, 5) is 10.9. The first-order chi connectivity index (χ1) is 9.69. The molecule has 0 heterocycles. The zero-order chi connectivity index (χ0) is 14.4. The van der Waals surface area contributed by atoms with Crippen molar-refractivity contribution in [1.82, 2.24) is 5.32 Å². The quantitative estimate of drug-likeness (QED) is 0.873. The Bertz CT molecular complexity index is 555. The number of aryl methyl sites for hydroxylation is 1. The smallest absolute Gasteiger partial charge is 0.217 e. The second-order valence-electron chi connectivity index (χ2n) is 5.05. The SMILES string of the molecule is CCCc1ccc(-c2ccc(CNC(C)=O)cc2)cc1. The first kappa shape index (κ1) is 14.3. The fraction of sp³-hybridized carbons (Fsp3) is 0.278. The number of carbonyl (C=O) groups excluding carboxylic acids is 1. The van der Waals surface area contributed by atoms with Crippen molar-refractivity contribution in [2.45, 2.75) is 33.2 Å². The van der Waals surface area contributed by atoms with Gasteiger partial charge in [0.05, 0.1) is 0 Å². The molecule has 0 radical (unpaired) electrons. The van der Waals surface area contributed by atoms with E-state index in [1.165, 1.54) is 30.0 Å². The molecule has 0 fully saturated rings. The molecule has 1 N–H and O–H groups in total. The molecule has 2 rings (SSSR count). The Kier molecular flexibility index (Phi) is 4.94. The Labute approximate surface area is 120 Å². The molecule has 0 bridgehead atoms. The number of hydrogen-bond acceptors (Lipinski definition) is 1. The fourth-order valence-electron chi connectivity index (χ4n) is 2.19. The van der Waals surface area contributed by atoms with Crippen molar-refractivity contribution in [2.75, 3.05) is 0 Å². The van der Waals surface area contributed by atoms with Crippen molar-refractivity contribution < 1.29 is 4.79 Å². The second-order valence-corrected chi connectivity index (χ2v) is 5.05. The maximum atomic E-state index is 10.9. The number of benzene rings is 2. The predicted molar refractivity (Wildman–Crippen MR) is 83.4 cm³/mol. The van der Waals surface area contributed by atoms with Crippen LogP contribution >= 0.6 is 0 Å². The van der Waals surface area contributed by atoms with Crippen molar-refractivity contribution in [3.05, 3.63) is 59.7 Å². The van der Waals surface area contributed by atoms with E-state index in [1.807, 2.05) is 0 Å². The van der Waals surface area contributed by atoms with E-state index in [4.69, 9.17) is 0 Å². The molecule has 2 heteroatoms. The number of hydrogen-bond donors (Lipinski definition) is 1. The average molecular weight is 267 g/mol. The van der Waals surface area contributed by atoms with Crippen LogP contribution in [0.4, 0.5) is 0 Å². The molecule has 2 aromatic rings. The van der Waals surface area contributed by atoms with Crippen molar-refractivity contribution in [3.8, 4) is 11.1 Å². The summed E-state index contributed by atoms with van der Waals surface area (Å²) < 4.78 is 0. The molecule has 2 aromatic carbocycles. The van der Waals surface area contributed by atoms with E-state index >= 15 is 0 Å². The van der Waals surface area contributed by atoms with Crippen molar-refractivity contribution in [2.24, 2.45) is 0 Å². The Morgan fingerprint density at radius 3 is 1.85 bits per heavy atom. The summed E-state index contributed by atoms with van der Waals surface area (Å²) in [5.74, 6) is 0.000546. The molecule has 2 nitrogen and oxygen atoms in total. The summed E-state index contributed by atoms with van der Waals surface area (Å²) in [6.45, 7) is 4.32. The highest BCUT2D eigenvalue weighted by atomic mass is 16.1. The topological polar surface area (TPSA) is 29.1 Å². The Balaban J connectivity index is 2.07. The lowest BCUT2D eigenvalue weighted by Crippen LogP contribution is -2.18. The minimum absolute atomic E-state index is 0.000546. The zero-order valence-electron chi connectivity index (χ0n) is 12.1. The molecule has 104 valence electrons. The van der Waals surface area contributed by atoms with Gasteiger partial charge < -0.3 is 5.32 Å². The molecule has 0 aliphatic carbocycles. The van der Waals surface area contributed by atoms with Crippen molar-refractivity contribution in [3.63, 3.8) is 0 Å². The number of carbonyl (C=O) groups is 1. The van der Waals surface area contributed by atoms with Gasteiger partial charge in [0.2, 0.25) is 5.91 Å². The van der Waals surface area contributed by atoms with Crippen LogP contribution in [0.3, 0.4) is 0 Å². The summed E-state index contributed by atoms with van der Waals surface area (Å²) >= 11 is 0. The number of nitrogens with one attached hydrogen (secondary N) is 1. The van der Waals surface area contributed by atoms with Crippen molar-refractivity contribution >= 4 is 5.91 Å². The van der Waals surface area contributed by atoms with Crippen LogP contribution in [0.1, 0.15) is 31.4 Å². The molecule has 0 saturated carbocycles. The molecule has 1 amide bonds. The third-order valence-corrected chi connectivity index (χ3v) is 3.32. The molecule has 0 aliphatic rings. The van der Waals surface area contributed by atoms with Crippen LogP contribution in [0.5, 0.6) is 0 Å². The van der Waals surface area contributed by atoms with Gasteiger partial charge >= 0.3 is 0 Å². The highest BCUT2D eigenvalue weighted by molar-refractivity contribution is 5.72. The van der Waals surface area contributed by atoms with E-state index in [2.05, 4.69) is 60.8 Å². The van der Waals surface area contributed by atoms with Crippen LogP contribution in [0.2, 0.25) is 0 Å². The Hall–Kier alpha value is -2.09. The number of rotatable bonds is 5. The minimum Gasteiger partial charge on any atom is -0.352 e. The standard InChI is InChI=1S/C18H21NO/c1-3-4-15-5-9-17(10-6-15)18-11-7-16(8-12-18)13-19-14(2)20/h5-12H,3-4,13H2,1-2H3,(H,19,20). The first-order valence-electron chi connectivity index (χ1n) is 7.11. The van der Waals surface area contributed by atoms with Gasteiger partial charge in [-0.25, -0.2) is 0 Å². The van der Waals surface area contributed by atoms with Crippen LogP contribution in [0.15, 0.2) is 48.5 Å². The number of amides is 1. The van der Waals surface area contributed by atoms with Gasteiger partial charge in [0.25, 0.3) is 0 Å². The van der Waals surface area contributed by atoms with Gasteiger partial charge in [-0.2, -0.15) is 0 Å². The molecular weight excluding hydrogens is 246 g/mol. The minimum atomic E-state index is 0.000546. The molecule has 0 aliphatic heterocycles. The summed E-state index contributed by atoms with van der Waals surface area (Å²) in [5.41, 5.74) is 4.95. The largest absolute Gasteiger partial charge is 0.352 e. The highest BCUT2D eigenvalue weighted by Crippen LogP contribution is 2.20. The fourth-order valence-corrected chi connectivity index (χ4v) is 2.19. The van der Waals surface area contributed by atoms with E-state index in [0.717, 1.165) is 12.0 Å². The molecule has 0 spiro atoms. The normalized spacial score (nSPS) is 10.3. The summed E-state index contributed by atoms with van der Waals surface area (Å²) in [6.07, 6.45) is 2.31. The average Bonchev–Trinajstić information content (AvgIpc) is 2.47. The lowest BCUT2D eigenvalue weighted by molar-refractivity contribution is -0.119. The molecule has 20 heavy (non-hydrogen) atoms. The van der Waals surface area contributed by atoms with E-state index in [9.17, 15) is 4.79 Å². The highest BCUT2D eigenvalue weighted by Gasteiger charge is 1.99. The molecule has 0 saturated heterocycles. The second kappa shape index (κ2) is 6.90. The van der Waals surface area contributed by atoms with E-state index in [1.54, 1.807) is 0 Å². The zero-order valence-corrected chi connectivity index (χ0v) is 12.1. The molecule has 0 atom stereocenters. The van der Waals surface area contributed by atoms with Gasteiger partial charge in [0, 0.05) is 13.5 Å². The van der Waals surface area contributed by atoms with Gasteiger partial charge in [0.15, 0.2) is 0 Å². The first-order valence-corrected chi connectivity index (χ1v) is 7.11. The van der Waals surface area contributed by atoms with Gasteiger partial charge in [-0.1, -0.05) is 61.9 Å². The van der Waals surface area contributed by atoms with Crippen LogP contribution in [0.25, 0.3) is 11.1 Å². The predicted octanol–water partition coefficient (Wildman–Crippen LogP) is 3.94. The van der Waals surface area contributed by atoms with E-state index in [0.29, 0.717) is 6.54 Å². The third kappa shape index (κ3) is 3.95. The van der Waals surface area contributed by atoms with Crippen LogP contribution in [-0.4, -0.2) is 5.91 Å². The van der Waals surface area contributed by atoms with Gasteiger partial charge in [-0.15, -0.1) is 0 Å². The van der Waals surface area contributed by atoms with Crippen LogP contribution in [-0.2, 0) is 17.8 Å². The maximum Gasteiger partial charge on any atom is 0.217 e. The third-order valence-electron chi connectivity index (χ3n) is 3.32. The lowest BCUT2D eigenvalue weighted by atomic mass is 10.0. The Morgan fingerprint density at radius 2 is 1.40 bits per heavy atom. The molecule has 0 aromatic heterocycles. The van der Waals surface area contributed by atoms with E-state index in [-0.39, 0.29) is 5.91 Å². The van der Waals surface area contributed by atoms with Crippen LogP contribution in [0, 0.1) is 0 Å². The summed E-state index contributed by atoms with van der Waals surface area (Å²) in [7, 11) is 0. The van der Waals surface area contributed by atoms with Crippen LogP contribution < -0.4 is 5.32 Å². The summed E-state index contributed by atoms with van der Waals surface area (Å²) in [6, 6.07) is 17.1. The van der Waals surface area contributed by atoms with Crippen molar-refractivity contribution in [1.29, 1.82) is 0 Å². The van der Waals surface area contributed by atoms with E-state index < -0.39 is 0 Å². The lowest BCUT2D eigenvalue weighted by Gasteiger charge is -2.06. The van der Waals surface area contributed by atoms with Gasteiger partial charge in [-0.05, 0) is 28.7 Å². The maximum absolute atomic E-state index is 10.9. The summed E-state index contributed by atoms with van der Waals surface area (Å²) in [5, 5.41) is 2.80. The molecule has 0 unspecified atom stereocenters.